The fourth-order valence-electron chi connectivity index (χ4n) is 0.884. The third-order valence-corrected chi connectivity index (χ3v) is 1.67. The number of halogens is 1. The predicted octanol–water partition coefficient (Wildman–Crippen LogP) is 2.49. The van der Waals surface area contributed by atoms with Crippen LogP contribution in [-0.4, -0.2) is 11.1 Å². The molecule has 0 saturated carbocycles. The number of carboxylic acid groups (broad SMARTS) is 1. The van der Waals surface area contributed by atoms with E-state index in [-0.39, 0.29) is 24.0 Å². The summed E-state index contributed by atoms with van der Waals surface area (Å²) in [4.78, 5) is 10.5. The largest absolute Gasteiger partial charge is 0.481 e. The van der Waals surface area contributed by atoms with Crippen molar-refractivity contribution < 1.29 is 9.90 Å². The van der Waals surface area contributed by atoms with Crippen LogP contribution in [0.15, 0.2) is 30.3 Å². The Balaban J connectivity index is 0.00000121. The van der Waals surface area contributed by atoms with Crippen molar-refractivity contribution in [3.05, 3.63) is 35.9 Å². The lowest BCUT2D eigenvalue weighted by Gasteiger charge is -2.04. The summed E-state index contributed by atoms with van der Waals surface area (Å²) >= 11 is 0. The monoisotopic (exact) mass is 278 g/mol. The van der Waals surface area contributed by atoms with Crippen LogP contribution in [0.4, 0.5) is 0 Å². The summed E-state index contributed by atoms with van der Waals surface area (Å²) in [6.45, 7) is 1.68. The molecule has 0 heterocycles. The number of aliphatic carboxylic acids is 1. The Morgan fingerprint density at radius 2 is 1.83 bits per heavy atom. The molecule has 0 aliphatic heterocycles. The molecular weight excluding hydrogens is 267 g/mol. The standard InChI is InChI=1S/C9H10O2.HI/c1-7(9(10)11)8-5-3-2-4-6-8;/h2-7H,1H3,(H,10,11);1H. The van der Waals surface area contributed by atoms with Crippen LogP contribution < -0.4 is 0 Å². The average Bonchev–Trinajstić information content (AvgIpc) is 2.05. The first-order valence-electron chi connectivity index (χ1n) is 3.49. The lowest BCUT2D eigenvalue weighted by atomic mass is 10.0. The highest BCUT2D eigenvalue weighted by Crippen LogP contribution is 2.13. The number of carbonyl (C=O) groups is 1. The lowest BCUT2D eigenvalue weighted by Crippen LogP contribution is -2.06. The summed E-state index contributed by atoms with van der Waals surface area (Å²) in [6.07, 6.45) is 0. The lowest BCUT2D eigenvalue weighted by molar-refractivity contribution is -0.138. The Labute approximate surface area is 88.6 Å². The minimum atomic E-state index is -0.781. The maximum absolute atomic E-state index is 10.5. The highest BCUT2D eigenvalue weighted by molar-refractivity contribution is 14.0. The summed E-state index contributed by atoms with van der Waals surface area (Å²) in [6, 6.07) is 9.19. The van der Waals surface area contributed by atoms with Crippen LogP contribution in [-0.2, 0) is 4.79 Å². The molecule has 1 unspecified atom stereocenters. The van der Waals surface area contributed by atoms with Gasteiger partial charge in [-0.3, -0.25) is 4.79 Å². The number of carboxylic acids is 1. The van der Waals surface area contributed by atoms with E-state index in [0.717, 1.165) is 5.56 Å². The topological polar surface area (TPSA) is 37.3 Å². The van der Waals surface area contributed by atoms with Crippen LogP contribution in [0, 0.1) is 0 Å². The van der Waals surface area contributed by atoms with Crippen LogP contribution in [0.2, 0.25) is 0 Å². The van der Waals surface area contributed by atoms with Crippen LogP contribution >= 0.6 is 24.0 Å². The first kappa shape index (κ1) is 11.4. The number of hydrogen-bond acceptors (Lipinski definition) is 1. The minimum Gasteiger partial charge on any atom is -0.481 e. The summed E-state index contributed by atoms with van der Waals surface area (Å²) in [5.74, 6) is -1.19. The van der Waals surface area contributed by atoms with Gasteiger partial charge in [0.1, 0.15) is 0 Å². The molecule has 1 aromatic rings. The third kappa shape index (κ3) is 2.81. The van der Waals surface area contributed by atoms with Gasteiger partial charge < -0.3 is 5.11 Å². The quantitative estimate of drug-likeness (QED) is 0.844. The van der Waals surface area contributed by atoms with Crippen molar-refractivity contribution in [3.63, 3.8) is 0 Å². The Morgan fingerprint density at radius 3 is 2.25 bits per heavy atom. The zero-order valence-corrected chi connectivity index (χ0v) is 9.06. The zero-order valence-electron chi connectivity index (χ0n) is 6.73. The van der Waals surface area contributed by atoms with E-state index in [1.54, 1.807) is 6.92 Å². The van der Waals surface area contributed by atoms with Crippen molar-refractivity contribution >= 4 is 29.9 Å². The second-order valence-corrected chi connectivity index (χ2v) is 2.47. The van der Waals surface area contributed by atoms with E-state index in [0.29, 0.717) is 0 Å². The van der Waals surface area contributed by atoms with Crippen molar-refractivity contribution in [2.75, 3.05) is 0 Å². The van der Waals surface area contributed by atoms with Gasteiger partial charge in [-0.05, 0) is 12.5 Å². The molecule has 2 nitrogen and oxygen atoms in total. The molecule has 0 radical (unpaired) electrons. The third-order valence-electron chi connectivity index (χ3n) is 1.67. The molecule has 0 aliphatic rings. The van der Waals surface area contributed by atoms with E-state index < -0.39 is 11.9 Å². The molecule has 0 bridgehead atoms. The summed E-state index contributed by atoms with van der Waals surface area (Å²) in [7, 11) is 0. The van der Waals surface area contributed by atoms with E-state index >= 15 is 0 Å². The second kappa shape index (κ2) is 5.13. The Kier molecular flexibility index (Phi) is 4.89. The van der Waals surface area contributed by atoms with E-state index in [1.807, 2.05) is 30.3 Å². The second-order valence-electron chi connectivity index (χ2n) is 2.47. The molecule has 66 valence electrons. The molecule has 0 fully saturated rings. The van der Waals surface area contributed by atoms with Crippen molar-refractivity contribution in [1.29, 1.82) is 0 Å². The smallest absolute Gasteiger partial charge is 0.310 e. The molecule has 0 saturated heterocycles. The maximum Gasteiger partial charge on any atom is 0.310 e. The number of hydrogen-bond donors (Lipinski definition) is 1. The van der Waals surface area contributed by atoms with Crippen LogP contribution in [0.5, 0.6) is 0 Å². The highest BCUT2D eigenvalue weighted by atomic mass is 127. The number of rotatable bonds is 2. The fraction of sp³-hybridized carbons (Fsp3) is 0.222. The van der Waals surface area contributed by atoms with Gasteiger partial charge in [0.2, 0.25) is 0 Å². The zero-order chi connectivity index (χ0) is 8.27. The normalized spacial score (nSPS) is 11.4. The molecule has 1 aromatic carbocycles. The summed E-state index contributed by atoms with van der Waals surface area (Å²) < 4.78 is 0. The van der Waals surface area contributed by atoms with Gasteiger partial charge in [0.15, 0.2) is 0 Å². The van der Waals surface area contributed by atoms with Crippen LogP contribution in [0.1, 0.15) is 18.4 Å². The van der Waals surface area contributed by atoms with Gasteiger partial charge in [-0.25, -0.2) is 0 Å². The van der Waals surface area contributed by atoms with Crippen molar-refractivity contribution in [1.82, 2.24) is 0 Å². The Hall–Kier alpha value is -0.580. The highest BCUT2D eigenvalue weighted by Gasteiger charge is 2.11. The van der Waals surface area contributed by atoms with Gasteiger partial charge in [0.25, 0.3) is 0 Å². The van der Waals surface area contributed by atoms with Gasteiger partial charge in [-0.15, -0.1) is 24.0 Å². The SMILES string of the molecule is CC(C(=O)O)c1ccccc1.I. The molecule has 0 aliphatic carbocycles. The molecule has 12 heavy (non-hydrogen) atoms. The van der Waals surface area contributed by atoms with Gasteiger partial charge in [-0.1, -0.05) is 30.3 Å². The first-order valence-corrected chi connectivity index (χ1v) is 3.49. The Morgan fingerprint density at radius 1 is 1.33 bits per heavy atom. The molecule has 0 amide bonds. The fourth-order valence-corrected chi connectivity index (χ4v) is 0.884. The first-order chi connectivity index (χ1) is 5.22. The van der Waals surface area contributed by atoms with Crippen LogP contribution in [0.3, 0.4) is 0 Å². The summed E-state index contributed by atoms with van der Waals surface area (Å²) in [5, 5.41) is 8.64. The van der Waals surface area contributed by atoms with Crippen molar-refractivity contribution in [3.8, 4) is 0 Å². The molecule has 1 rings (SSSR count). The predicted molar refractivity (Wildman–Crippen MR) is 57.9 cm³/mol. The molecule has 3 heteroatoms. The average molecular weight is 278 g/mol. The van der Waals surface area contributed by atoms with E-state index in [4.69, 9.17) is 5.11 Å². The van der Waals surface area contributed by atoms with E-state index in [9.17, 15) is 4.79 Å². The van der Waals surface area contributed by atoms with Gasteiger partial charge >= 0.3 is 5.97 Å². The molecule has 1 atom stereocenters. The van der Waals surface area contributed by atoms with Gasteiger partial charge in [-0.2, -0.15) is 0 Å². The van der Waals surface area contributed by atoms with Crippen molar-refractivity contribution in [2.45, 2.75) is 12.8 Å². The van der Waals surface area contributed by atoms with E-state index in [1.165, 1.54) is 0 Å². The molecular formula is C9H11IO2. The Bertz CT molecular complexity index is 246. The summed E-state index contributed by atoms with van der Waals surface area (Å²) in [5.41, 5.74) is 0.847. The molecule has 1 N–H and O–H groups in total. The van der Waals surface area contributed by atoms with E-state index in [2.05, 4.69) is 0 Å². The van der Waals surface area contributed by atoms with Gasteiger partial charge in [0.05, 0.1) is 5.92 Å². The van der Waals surface area contributed by atoms with Crippen molar-refractivity contribution in [2.24, 2.45) is 0 Å². The number of benzene rings is 1. The maximum atomic E-state index is 10.5. The van der Waals surface area contributed by atoms with Crippen LogP contribution in [0.25, 0.3) is 0 Å². The minimum absolute atomic E-state index is 0. The van der Waals surface area contributed by atoms with Gasteiger partial charge in [0, 0.05) is 0 Å². The molecule has 0 aromatic heterocycles. The molecule has 0 spiro atoms.